The normalized spacial score (nSPS) is 18.8. The Kier molecular flexibility index (Phi) is 8.90. The summed E-state index contributed by atoms with van der Waals surface area (Å²) in [5.74, 6) is 0.663. The van der Waals surface area contributed by atoms with Crippen LogP contribution < -0.4 is 5.32 Å². The molecule has 1 aliphatic rings. The topological polar surface area (TPSA) is 82.5 Å². The zero-order valence-corrected chi connectivity index (χ0v) is 21.2. The fourth-order valence-corrected chi connectivity index (χ4v) is 6.74. The largest absolute Gasteiger partial charge is 0.480 e. The minimum atomic E-state index is -0.951. The molecule has 2 amide bonds. The third-order valence-corrected chi connectivity index (χ3v) is 8.79. The Morgan fingerprint density at radius 2 is 1.91 bits per heavy atom. The van der Waals surface area contributed by atoms with Crippen molar-refractivity contribution in [2.75, 3.05) is 17.6 Å². The second-order valence-corrected chi connectivity index (χ2v) is 12.7. The second-order valence-electron chi connectivity index (χ2n) is 8.60. The Hall–Kier alpha value is -1.71. The summed E-state index contributed by atoms with van der Waals surface area (Å²) in [6.07, 6.45) is 5.96. The summed E-state index contributed by atoms with van der Waals surface area (Å²) in [6, 6.07) is 10.3. The average Bonchev–Trinajstić information content (AvgIpc) is 3.18. The Morgan fingerprint density at radius 3 is 2.56 bits per heavy atom. The second kappa shape index (κ2) is 11.4. The van der Waals surface area contributed by atoms with Crippen molar-refractivity contribution in [3.8, 4) is 0 Å². The van der Waals surface area contributed by atoms with Crippen molar-refractivity contribution in [2.24, 2.45) is 5.92 Å². The monoisotopic (exact) mass is 493 g/mol. The van der Waals surface area contributed by atoms with Crippen molar-refractivity contribution >= 4 is 52.0 Å². The number of aromatic nitrogens is 1. The molecule has 1 heterocycles. The van der Waals surface area contributed by atoms with Gasteiger partial charge >= 0.3 is 12.0 Å². The first-order valence-corrected chi connectivity index (χ1v) is 13.5. The summed E-state index contributed by atoms with van der Waals surface area (Å²) >= 11 is 4.31. The molecule has 0 saturated heterocycles. The van der Waals surface area contributed by atoms with E-state index in [1.54, 1.807) is 31.8 Å². The highest BCUT2D eigenvalue weighted by atomic mass is 32.2. The average molecular weight is 494 g/mol. The van der Waals surface area contributed by atoms with Gasteiger partial charge in [-0.2, -0.15) is 0 Å². The zero-order chi connectivity index (χ0) is 23.1. The van der Waals surface area contributed by atoms with Gasteiger partial charge in [0.15, 0.2) is 5.13 Å². The number of hydrogen-bond acceptors (Lipinski definition) is 6. The predicted octanol–water partition coefficient (Wildman–Crippen LogP) is 6.30. The van der Waals surface area contributed by atoms with Crippen LogP contribution in [0.25, 0.3) is 0 Å². The molecule has 1 aliphatic carbocycles. The number of rotatable bonds is 9. The van der Waals surface area contributed by atoms with Gasteiger partial charge in [0, 0.05) is 23.2 Å². The number of nitrogens with one attached hydrogen (secondary N) is 1. The molecule has 32 heavy (non-hydrogen) atoms. The number of carbonyl (C=O) groups excluding carboxylic acids is 1. The molecule has 0 bridgehead atoms. The van der Waals surface area contributed by atoms with Gasteiger partial charge in [-0.05, 0) is 57.6 Å². The van der Waals surface area contributed by atoms with Crippen LogP contribution in [0.2, 0.25) is 0 Å². The van der Waals surface area contributed by atoms with Crippen LogP contribution in [0.1, 0.15) is 46.5 Å². The molecule has 1 saturated carbocycles. The number of thiazole rings is 1. The van der Waals surface area contributed by atoms with Gasteiger partial charge in [0.1, 0.15) is 4.75 Å². The maximum atomic E-state index is 13.2. The SMILES string of the molecule is CC(C)(Sc1cnc(NC(=O)N(CCSc2ccccc2)[C@H]2CC[C@H](C)CC2)s1)C(=O)O. The lowest BCUT2D eigenvalue weighted by atomic mass is 9.86. The highest BCUT2D eigenvalue weighted by molar-refractivity contribution is 8.03. The maximum absolute atomic E-state index is 13.2. The first-order chi connectivity index (χ1) is 15.2. The summed E-state index contributed by atoms with van der Waals surface area (Å²) in [5, 5.41) is 12.8. The van der Waals surface area contributed by atoms with E-state index < -0.39 is 10.7 Å². The lowest BCUT2D eigenvalue weighted by Crippen LogP contribution is -2.45. The Bertz CT molecular complexity index is 896. The standard InChI is InChI=1S/C23H31N3O3S3/c1-16-9-11-17(12-10-16)26(13-14-30-18-7-5-4-6-8-18)22(29)25-21-24-15-19(31-21)32-23(2,3)20(27)28/h4-8,15-17H,9-14H2,1-3H3,(H,27,28)(H,24,25,29)/t16-,17-. The number of anilines is 1. The fraction of sp³-hybridized carbons (Fsp3) is 0.522. The lowest BCUT2D eigenvalue weighted by Gasteiger charge is -2.36. The highest BCUT2D eigenvalue weighted by Crippen LogP contribution is 2.37. The Morgan fingerprint density at radius 1 is 1.22 bits per heavy atom. The van der Waals surface area contributed by atoms with Crippen LogP contribution in [0.4, 0.5) is 9.93 Å². The molecule has 9 heteroatoms. The van der Waals surface area contributed by atoms with Gasteiger partial charge in [0.05, 0.1) is 10.4 Å². The molecule has 6 nitrogen and oxygen atoms in total. The summed E-state index contributed by atoms with van der Waals surface area (Å²) < 4.78 is -0.182. The number of carboxylic acids is 1. The van der Waals surface area contributed by atoms with Crippen LogP contribution in [-0.2, 0) is 4.79 Å². The lowest BCUT2D eigenvalue weighted by molar-refractivity contribution is -0.138. The van der Waals surface area contributed by atoms with Crippen molar-refractivity contribution in [3.63, 3.8) is 0 Å². The molecule has 2 aromatic rings. The number of nitrogens with zero attached hydrogens (tertiary/aromatic N) is 2. The van der Waals surface area contributed by atoms with Crippen molar-refractivity contribution in [1.82, 2.24) is 9.88 Å². The molecular formula is C23H31N3O3S3. The van der Waals surface area contributed by atoms with Gasteiger partial charge in [-0.1, -0.05) is 48.2 Å². The third kappa shape index (κ3) is 7.15. The molecule has 174 valence electrons. The van der Waals surface area contributed by atoms with Gasteiger partial charge in [-0.15, -0.1) is 11.8 Å². The Balaban J connectivity index is 1.63. The molecule has 2 N–H and O–H groups in total. The van der Waals surface area contributed by atoms with Crippen molar-refractivity contribution in [1.29, 1.82) is 0 Å². The quantitative estimate of drug-likeness (QED) is 0.399. The van der Waals surface area contributed by atoms with Crippen molar-refractivity contribution in [2.45, 2.75) is 66.3 Å². The summed E-state index contributed by atoms with van der Waals surface area (Å²) in [6.45, 7) is 6.27. The number of amides is 2. The molecule has 1 aromatic heterocycles. The first-order valence-electron chi connectivity index (χ1n) is 10.9. The predicted molar refractivity (Wildman–Crippen MR) is 134 cm³/mol. The van der Waals surface area contributed by atoms with Gasteiger partial charge in [-0.3, -0.25) is 10.1 Å². The minimum absolute atomic E-state index is 0.124. The van der Waals surface area contributed by atoms with Gasteiger partial charge in [0.25, 0.3) is 0 Å². The number of carboxylic acid groups (broad SMARTS) is 1. The van der Waals surface area contributed by atoms with Crippen LogP contribution >= 0.6 is 34.9 Å². The summed E-state index contributed by atoms with van der Waals surface area (Å²) in [7, 11) is 0. The van der Waals surface area contributed by atoms with E-state index in [0.29, 0.717) is 17.6 Å². The maximum Gasteiger partial charge on any atom is 0.323 e. The van der Waals surface area contributed by atoms with Crippen molar-refractivity contribution < 1.29 is 14.7 Å². The molecule has 1 fully saturated rings. The van der Waals surface area contributed by atoms with E-state index in [1.165, 1.54) is 28.0 Å². The van der Waals surface area contributed by atoms with Gasteiger partial charge in [0.2, 0.25) is 0 Å². The van der Waals surface area contributed by atoms with E-state index in [0.717, 1.165) is 35.6 Å². The minimum Gasteiger partial charge on any atom is -0.480 e. The molecule has 0 atom stereocenters. The first kappa shape index (κ1) is 24.9. The van der Waals surface area contributed by atoms with Crippen LogP contribution in [0, 0.1) is 5.92 Å². The van der Waals surface area contributed by atoms with Crippen LogP contribution in [0.5, 0.6) is 0 Å². The van der Waals surface area contributed by atoms with Gasteiger partial charge in [-0.25, -0.2) is 9.78 Å². The van der Waals surface area contributed by atoms with E-state index in [9.17, 15) is 14.7 Å². The summed E-state index contributed by atoms with van der Waals surface area (Å²) in [5.41, 5.74) is 0. The number of benzene rings is 1. The van der Waals surface area contributed by atoms with Crippen LogP contribution in [-0.4, -0.2) is 50.1 Å². The van der Waals surface area contributed by atoms with Gasteiger partial charge < -0.3 is 10.0 Å². The number of urea groups is 1. The molecular weight excluding hydrogens is 462 g/mol. The van der Waals surface area contributed by atoms with E-state index in [-0.39, 0.29) is 12.1 Å². The van der Waals surface area contributed by atoms with Crippen molar-refractivity contribution in [3.05, 3.63) is 36.5 Å². The molecule has 1 aromatic carbocycles. The molecule has 0 radical (unpaired) electrons. The smallest absolute Gasteiger partial charge is 0.323 e. The zero-order valence-electron chi connectivity index (χ0n) is 18.7. The molecule has 0 aliphatic heterocycles. The molecule has 0 unspecified atom stereocenters. The number of hydrogen-bond donors (Lipinski definition) is 2. The van der Waals surface area contributed by atoms with E-state index in [4.69, 9.17) is 0 Å². The van der Waals surface area contributed by atoms with E-state index in [1.807, 2.05) is 23.1 Å². The Labute approximate surface area is 202 Å². The van der Waals surface area contributed by atoms with Crippen LogP contribution in [0.15, 0.2) is 45.6 Å². The third-order valence-electron chi connectivity index (χ3n) is 5.60. The van der Waals surface area contributed by atoms with E-state index in [2.05, 4.69) is 29.4 Å². The fourth-order valence-electron chi connectivity index (χ4n) is 3.61. The van der Waals surface area contributed by atoms with Crippen LogP contribution in [0.3, 0.4) is 0 Å². The summed E-state index contributed by atoms with van der Waals surface area (Å²) in [4.78, 5) is 32.1. The number of thioether (sulfide) groups is 2. The molecule has 3 rings (SSSR count). The van der Waals surface area contributed by atoms with E-state index >= 15 is 0 Å². The number of aliphatic carboxylic acids is 1. The highest BCUT2D eigenvalue weighted by Gasteiger charge is 2.30. The number of carbonyl (C=O) groups is 2. The molecule has 0 spiro atoms.